The maximum atomic E-state index is 11.7. The Morgan fingerprint density at radius 3 is 2.85 bits per heavy atom. The molecule has 3 aromatic heterocycles. The van der Waals surface area contributed by atoms with E-state index in [1.165, 1.54) is 12.3 Å². The van der Waals surface area contributed by atoms with Gasteiger partial charge in [0.2, 0.25) is 0 Å². The molecule has 1 amide bonds. The van der Waals surface area contributed by atoms with Crippen LogP contribution >= 0.6 is 0 Å². The number of pyridine rings is 1. The van der Waals surface area contributed by atoms with Gasteiger partial charge in [-0.05, 0) is 31.2 Å². The van der Waals surface area contributed by atoms with Gasteiger partial charge in [0.1, 0.15) is 5.69 Å². The maximum absolute atomic E-state index is 11.7. The first-order valence-corrected chi connectivity index (χ1v) is 5.85. The molecule has 20 heavy (non-hydrogen) atoms. The van der Waals surface area contributed by atoms with Crippen LogP contribution in [0.1, 0.15) is 16.2 Å². The van der Waals surface area contributed by atoms with Gasteiger partial charge in [0, 0.05) is 5.69 Å². The van der Waals surface area contributed by atoms with Gasteiger partial charge in [0.25, 0.3) is 11.8 Å². The van der Waals surface area contributed by atoms with Gasteiger partial charge in [-0.3, -0.25) is 10.1 Å². The van der Waals surface area contributed by atoms with E-state index in [1.54, 1.807) is 12.1 Å². The highest BCUT2D eigenvalue weighted by molar-refractivity contribution is 6.00. The Hall–Kier alpha value is -2.96. The second-order valence-corrected chi connectivity index (χ2v) is 4.01. The van der Waals surface area contributed by atoms with Gasteiger partial charge in [-0.1, -0.05) is 11.2 Å². The molecule has 0 unspecified atom stereocenters. The Balaban J connectivity index is 1.79. The molecule has 0 radical (unpaired) electrons. The van der Waals surface area contributed by atoms with Crippen LogP contribution in [0.5, 0.6) is 0 Å². The topological polar surface area (TPSA) is 94.1 Å². The number of amides is 1. The summed E-state index contributed by atoms with van der Waals surface area (Å²) in [5, 5.41) is 10.0. The minimum absolute atomic E-state index is 0.00953. The fourth-order valence-electron chi connectivity index (χ4n) is 1.61. The number of nitrogens with zero attached hydrogens (tertiary/aromatic N) is 3. The summed E-state index contributed by atoms with van der Waals surface area (Å²) in [5.74, 6) is -0.0516. The molecule has 0 aliphatic rings. The maximum Gasteiger partial charge on any atom is 0.322 e. The second kappa shape index (κ2) is 4.96. The molecule has 0 aromatic carbocycles. The highest BCUT2D eigenvalue weighted by Crippen LogP contribution is 2.18. The van der Waals surface area contributed by atoms with Gasteiger partial charge in [-0.2, -0.15) is 0 Å². The lowest BCUT2D eigenvalue weighted by Gasteiger charge is -1.96. The monoisotopic (exact) mass is 270 g/mol. The first-order chi connectivity index (χ1) is 9.72. The first-order valence-electron chi connectivity index (χ1n) is 5.85. The number of nitrogens with one attached hydrogen (secondary N) is 1. The number of aromatic nitrogens is 3. The van der Waals surface area contributed by atoms with Crippen molar-refractivity contribution in [2.45, 2.75) is 6.92 Å². The Kier molecular flexibility index (Phi) is 3.00. The molecule has 3 rings (SSSR count). The summed E-state index contributed by atoms with van der Waals surface area (Å²) in [7, 11) is 0. The van der Waals surface area contributed by atoms with E-state index in [-0.39, 0.29) is 17.7 Å². The molecule has 0 fully saturated rings. The van der Waals surface area contributed by atoms with Crippen LogP contribution in [0.3, 0.4) is 0 Å². The van der Waals surface area contributed by atoms with Crippen molar-refractivity contribution in [1.82, 2.24) is 15.2 Å². The third kappa shape index (κ3) is 2.41. The molecule has 1 N–H and O–H groups in total. The smallest absolute Gasteiger partial charge is 0.322 e. The zero-order valence-electron chi connectivity index (χ0n) is 10.5. The van der Waals surface area contributed by atoms with Crippen LogP contribution in [0.15, 0.2) is 45.4 Å². The van der Waals surface area contributed by atoms with Crippen LogP contribution in [0.4, 0.5) is 6.01 Å². The van der Waals surface area contributed by atoms with Crippen molar-refractivity contribution in [1.29, 1.82) is 0 Å². The minimum atomic E-state index is -0.456. The fraction of sp³-hybridized carbons (Fsp3) is 0.0769. The molecular formula is C13H10N4O3. The summed E-state index contributed by atoms with van der Waals surface area (Å²) in [5.41, 5.74) is 1.39. The summed E-state index contributed by atoms with van der Waals surface area (Å²) in [6.45, 7) is 1.86. The third-order valence-electron chi connectivity index (χ3n) is 2.50. The van der Waals surface area contributed by atoms with Gasteiger partial charge >= 0.3 is 6.01 Å². The molecule has 0 spiro atoms. The number of aryl methyl sites for hydroxylation is 1. The fourth-order valence-corrected chi connectivity index (χ4v) is 1.61. The molecule has 0 saturated heterocycles. The lowest BCUT2D eigenvalue weighted by molar-refractivity contribution is 0.0994. The van der Waals surface area contributed by atoms with Crippen molar-refractivity contribution in [3.63, 3.8) is 0 Å². The average Bonchev–Trinajstić information content (AvgIpc) is 3.10. The molecule has 0 aliphatic heterocycles. The molecule has 7 nitrogen and oxygen atoms in total. The highest BCUT2D eigenvalue weighted by atomic mass is 16.4. The summed E-state index contributed by atoms with van der Waals surface area (Å²) >= 11 is 0. The average molecular weight is 270 g/mol. The van der Waals surface area contributed by atoms with E-state index in [2.05, 4.69) is 20.5 Å². The van der Waals surface area contributed by atoms with Crippen LogP contribution < -0.4 is 5.32 Å². The SMILES string of the molecule is Cc1cccc(-c2nnc(NC(=O)c3ccco3)o2)n1. The van der Waals surface area contributed by atoms with Crippen molar-refractivity contribution in [3.8, 4) is 11.6 Å². The lowest BCUT2D eigenvalue weighted by Crippen LogP contribution is -2.10. The number of hydrogen-bond donors (Lipinski definition) is 1. The molecule has 0 aliphatic carbocycles. The number of anilines is 1. The van der Waals surface area contributed by atoms with Crippen molar-refractivity contribution in [2.75, 3.05) is 5.32 Å². The van der Waals surface area contributed by atoms with E-state index in [4.69, 9.17) is 8.83 Å². The second-order valence-electron chi connectivity index (χ2n) is 4.01. The van der Waals surface area contributed by atoms with Crippen LogP contribution in [0, 0.1) is 6.92 Å². The van der Waals surface area contributed by atoms with E-state index in [9.17, 15) is 4.79 Å². The van der Waals surface area contributed by atoms with Crippen LogP contribution in [-0.2, 0) is 0 Å². The number of furan rings is 1. The quantitative estimate of drug-likeness (QED) is 0.784. The zero-order valence-corrected chi connectivity index (χ0v) is 10.5. The van der Waals surface area contributed by atoms with E-state index in [1.807, 2.05) is 19.1 Å². The van der Waals surface area contributed by atoms with Crippen LogP contribution in [0.2, 0.25) is 0 Å². The lowest BCUT2D eigenvalue weighted by atomic mass is 10.3. The Morgan fingerprint density at radius 1 is 1.20 bits per heavy atom. The molecule has 0 saturated carbocycles. The normalized spacial score (nSPS) is 10.4. The van der Waals surface area contributed by atoms with Gasteiger partial charge < -0.3 is 8.83 Å². The molecule has 0 bridgehead atoms. The van der Waals surface area contributed by atoms with Gasteiger partial charge in [-0.25, -0.2) is 4.98 Å². The van der Waals surface area contributed by atoms with Crippen molar-refractivity contribution in [2.24, 2.45) is 0 Å². The Bertz CT molecular complexity index is 734. The zero-order chi connectivity index (χ0) is 13.9. The number of rotatable bonds is 3. The highest BCUT2D eigenvalue weighted by Gasteiger charge is 2.14. The molecule has 0 atom stereocenters. The van der Waals surface area contributed by atoms with Crippen molar-refractivity contribution < 1.29 is 13.6 Å². The predicted octanol–water partition coefficient (Wildman–Crippen LogP) is 2.29. The van der Waals surface area contributed by atoms with Gasteiger partial charge in [0.05, 0.1) is 6.26 Å². The number of hydrogen-bond acceptors (Lipinski definition) is 6. The largest absolute Gasteiger partial charge is 0.459 e. The number of carbonyl (C=O) groups excluding carboxylic acids is 1. The molecule has 3 heterocycles. The summed E-state index contributed by atoms with van der Waals surface area (Å²) in [6, 6.07) is 8.59. The Labute approximate surface area is 113 Å². The van der Waals surface area contributed by atoms with E-state index in [0.29, 0.717) is 5.69 Å². The molecular weight excluding hydrogens is 260 g/mol. The standard InChI is InChI=1S/C13H10N4O3/c1-8-4-2-5-9(14-8)12-16-17-13(20-12)15-11(18)10-6-3-7-19-10/h2-7H,1H3,(H,15,17,18). The molecule has 3 aromatic rings. The Morgan fingerprint density at radius 2 is 2.10 bits per heavy atom. The van der Waals surface area contributed by atoms with E-state index < -0.39 is 5.91 Å². The first kappa shape index (κ1) is 12.1. The van der Waals surface area contributed by atoms with E-state index in [0.717, 1.165) is 5.69 Å². The number of carbonyl (C=O) groups is 1. The van der Waals surface area contributed by atoms with Crippen LogP contribution in [0.25, 0.3) is 11.6 Å². The van der Waals surface area contributed by atoms with Crippen LogP contribution in [-0.4, -0.2) is 21.1 Å². The summed E-state index contributed by atoms with van der Waals surface area (Å²) in [4.78, 5) is 16.0. The van der Waals surface area contributed by atoms with Gasteiger partial charge in [-0.15, -0.1) is 5.10 Å². The predicted molar refractivity (Wildman–Crippen MR) is 68.9 cm³/mol. The van der Waals surface area contributed by atoms with Crippen molar-refractivity contribution >= 4 is 11.9 Å². The summed E-state index contributed by atoms with van der Waals surface area (Å²) < 4.78 is 10.3. The summed E-state index contributed by atoms with van der Waals surface area (Å²) in [6.07, 6.45) is 1.41. The van der Waals surface area contributed by atoms with E-state index >= 15 is 0 Å². The third-order valence-corrected chi connectivity index (χ3v) is 2.50. The molecule has 7 heteroatoms. The molecule has 100 valence electrons. The van der Waals surface area contributed by atoms with Gasteiger partial charge in [0.15, 0.2) is 5.76 Å². The minimum Gasteiger partial charge on any atom is -0.459 e. The van der Waals surface area contributed by atoms with Crippen molar-refractivity contribution in [3.05, 3.63) is 48.0 Å².